The second-order valence-electron chi connectivity index (χ2n) is 10.4. The van der Waals surface area contributed by atoms with Crippen molar-refractivity contribution in [2.24, 2.45) is 23.2 Å². The molecule has 0 aliphatic heterocycles. The van der Waals surface area contributed by atoms with E-state index in [0.29, 0.717) is 22.9 Å². The van der Waals surface area contributed by atoms with E-state index in [-0.39, 0.29) is 17.9 Å². The molecule has 4 saturated carbocycles. The SMILES string of the molecule is CCOC(=O)COc1ccc(-c2ccc(Cl)c(C(=O)NCC34CC5CC(CC(C5)C3)C4)c2)cc1. The van der Waals surface area contributed by atoms with Crippen LogP contribution in [0.1, 0.15) is 55.8 Å². The summed E-state index contributed by atoms with van der Waals surface area (Å²) in [6, 6.07) is 13.0. The van der Waals surface area contributed by atoms with Crippen molar-refractivity contribution in [2.75, 3.05) is 19.8 Å². The maximum Gasteiger partial charge on any atom is 0.344 e. The van der Waals surface area contributed by atoms with Crippen molar-refractivity contribution in [3.05, 3.63) is 53.1 Å². The number of esters is 1. The van der Waals surface area contributed by atoms with Gasteiger partial charge in [0, 0.05) is 6.54 Å². The van der Waals surface area contributed by atoms with Gasteiger partial charge >= 0.3 is 5.97 Å². The summed E-state index contributed by atoms with van der Waals surface area (Å²) in [5, 5.41) is 3.69. The number of rotatable bonds is 8. The molecule has 4 aliphatic carbocycles. The van der Waals surface area contributed by atoms with E-state index in [1.54, 1.807) is 25.1 Å². The highest BCUT2D eigenvalue weighted by molar-refractivity contribution is 6.34. The molecule has 2 aromatic rings. The summed E-state index contributed by atoms with van der Waals surface area (Å²) >= 11 is 6.43. The Hall–Kier alpha value is -2.53. The van der Waals surface area contributed by atoms with Gasteiger partial charge in [-0.2, -0.15) is 0 Å². The smallest absolute Gasteiger partial charge is 0.344 e. The molecule has 0 saturated heterocycles. The van der Waals surface area contributed by atoms with Crippen LogP contribution in [0.25, 0.3) is 11.1 Å². The van der Waals surface area contributed by atoms with Crippen molar-refractivity contribution >= 4 is 23.5 Å². The summed E-state index contributed by atoms with van der Waals surface area (Å²) in [6.07, 6.45) is 7.97. The fourth-order valence-corrected chi connectivity index (χ4v) is 7.04. The summed E-state index contributed by atoms with van der Waals surface area (Å²) < 4.78 is 10.3. The molecule has 0 radical (unpaired) electrons. The van der Waals surface area contributed by atoms with Crippen molar-refractivity contribution in [1.82, 2.24) is 5.32 Å². The maximum absolute atomic E-state index is 13.1. The Kier molecular flexibility index (Phi) is 6.57. The van der Waals surface area contributed by atoms with E-state index in [4.69, 9.17) is 21.1 Å². The number of carbonyl (C=O) groups is 2. The lowest BCUT2D eigenvalue weighted by molar-refractivity contribution is -0.145. The first kappa shape index (κ1) is 23.2. The van der Waals surface area contributed by atoms with E-state index in [9.17, 15) is 9.59 Å². The molecule has 34 heavy (non-hydrogen) atoms. The van der Waals surface area contributed by atoms with Gasteiger partial charge in [-0.15, -0.1) is 0 Å². The number of hydrogen-bond donors (Lipinski definition) is 1. The van der Waals surface area contributed by atoms with Gasteiger partial charge in [-0.25, -0.2) is 4.79 Å². The summed E-state index contributed by atoms with van der Waals surface area (Å²) in [4.78, 5) is 24.6. The molecule has 5 nitrogen and oxygen atoms in total. The van der Waals surface area contributed by atoms with Gasteiger partial charge in [0.05, 0.1) is 17.2 Å². The van der Waals surface area contributed by atoms with E-state index in [1.165, 1.54) is 38.5 Å². The Morgan fingerprint density at radius 2 is 1.59 bits per heavy atom. The highest BCUT2D eigenvalue weighted by Crippen LogP contribution is 2.59. The number of ether oxygens (including phenoxy) is 2. The van der Waals surface area contributed by atoms with E-state index < -0.39 is 5.97 Å². The second-order valence-corrected chi connectivity index (χ2v) is 10.8. The second kappa shape index (κ2) is 9.61. The Morgan fingerprint density at radius 3 is 2.21 bits per heavy atom. The molecule has 4 fully saturated rings. The Morgan fingerprint density at radius 1 is 0.971 bits per heavy atom. The lowest BCUT2D eigenvalue weighted by Gasteiger charge is -2.56. The van der Waals surface area contributed by atoms with Crippen LogP contribution in [0.15, 0.2) is 42.5 Å². The van der Waals surface area contributed by atoms with Crippen molar-refractivity contribution in [1.29, 1.82) is 0 Å². The van der Waals surface area contributed by atoms with Gasteiger partial charge < -0.3 is 14.8 Å². The van der Waals surface area contributed by atoms with Gasteiger partial charge in [-0.3, -0.25) is 4.79 Å². The van der Waals surface area contributed by atoms with Crippen molar-refractivity contribution in [2.45, 2.75) is 45.4 Å². The van der Waals surface area contributed by atoms with E-state index in [1.807, 2.05) is 24.3 Å². The molecule has 4 bridgehead atoms. The number of amides is 1. The third-order valence-electron chi connectivity index (χ3n) is 7.85. The van der Waals surface area contributed by atoms with Gasteiger partial charge in [0.15, 0.2) is 6.61 Å². The van der Waals surface area contributed by atoms with Crippen LogP contribution in [-0.2, 0) is 9.53 Å². The molecule has 0 spiro atoms. The first-order valence-electron chi connectivity index (χ1n) is 12.4. The lowest BCUT2D eigenvalue weighted by Crippen LogP contribution is -2.51. The van der Waals surface area contributed by atoms with Crippen LogP contribution in [-0.4, -0.2) is 31.6 Å². The molecule has 2 aromatic carbocycles. The Balaban J connectivity index is 1.24. The molecule has 4 aliphatic rings. The van der Waals surface area contributed by atoms with Crippen LogP contribution in [0.4, 0.5) is 0 Å². The average Bonchev–Trinajstić information content (AvgIpc) is 2.81. The van der Waals surface area contributed by atoms with Crippen LogP contribution < -0.4 is 10.1 Å². The summed E-state index contributed by atoms with van der Waals surface area (Å²) in [7, 11) is 0. The highest BCUT2D eigenvalue weighted by atomic mass is 35.5. The zero-order valence-corrected chi connectivity index (χ0v) is 20.4. The molecule has 0 heterocycles. The number of benzene rings is 2. The predicted molar refractivity (Wildman–Crippen MR) is 132 cm³/mol. The predicted octanol–water partition coefficient (Wildman–Crippen LogP) is 5.90. The molecule has 1 amide bonds. The van der Waals surface area contributed by atoms with Crippen molar-refractivity contribution < 1.29 is 19.1 Å². The molecule has 0 atom stereocenters. The number of hydrogen-bond acceptors (Lipinski definition) is 4. The normalized spacial score (nSPS) is 26.8. The molecule has 0 aromatic heterocycles. The van der Waals surface area contributed by atoms with E-state index in [0.717, 1.165) is 35.4 Å². The monoisotopic (exact) mass is 481 g/mol. The standard InChI is InChI=1S/C28H32ClNO4/c1-2-33-26(31)16-34-23-6-3-21(4-7-23)22-5-8-25(29)24(12-22)27(32)30-17-28-13-18-9-19(14-28)11-20(10-18)15-28/h3-8,12,18-20H,2,9-11,13-17H2,1H3,(H,30,32). The molecule has 6 rings (SSSR count). The largest absolute Gasteiger partial charge is 0.482 e. The van der Waals surface area contributed by atoms with Crippen molar-refractivity contribution in [3.8, 4) is 16.9 Å². The van der Waals surface area contributed by atoms with Crippen LogP contribution in [0.2, 0.25) is 5.02 Å². The Labute approximate surface area is 206 Å². The molecule has 6 heteroatoms. The topological polar surface area (TPSA) is 64.6 Å². The average molecular weight is 482 g/mol. The third-order valence-corrected chi connectivity index (χ3v) is 8.18. The van der Waals surface area contributed by atoms with Gasteiger partial charge in [-0.1, -0.05) is 29.8 Å². The zero-order valence-electron chi connectivity index (χ0n) is 19.6. The number of nitrogens with one attached hydrogen (secondary N) is 1. The van der Waals surface area contributed by atoms with Crippen LogP contribution in [0.3, 0.4) is 0 Å². The first-order chi connectivity index (χ1) is 16.4. The fraction of sp³-hybridized carbons (Fsp3) is 0.500. The van der Waals surface area contributed by atoms with E-state index in [2.05, 4.69) is 5.32 Å². The number of carbonyl (C=O) groups excluding carboxylic acids is 2. The van der Waals surface area contributed by atoms with Gasteiger partial charge in [0.1, 0.15) is 5.75 Å². The van der Waals surface area contributed by atoms with Crippen LogP contribution in [0.5, 0.6) is 5.75 Å². The van der Waals surface area contributed by atoms with Crippen LogP contribution in [0, 0.1) is 23.2 Å². The Bertz CT molecular complexity index is 1030. The summed E-state index contributed by atoms with van der Waals surface area (Å²) in [6.45, 7) is 2.72. The van der Waals surface area contributed by atoms with Gasteiger partial charge in [-0.05, 0) is 104 Å². The maximum atomic E-state index is 13.1. The van der Waals surface area contributed by atoms with Gasteiger partial charge in [0.25, 0.3) is 5.91 Å². The number of halogens is 1. The van der Waals surface area contributed by atoms with Gasteiger partial charge in [0.2, 0.25) is 0 Å². The minimum Gasteiger partial charge on any atom is -0.482 e. The molecule has 180 valence electrons. The lowest BCUT2D eigenvalue weighted by atomic mass is 9.49. The highest BCUT2D eigenvalue weighted by Gasteiger charge is 2.50. The van der Waals surface area contributed by atoms with Crippen molar-refractivity contribution in [3.63, 3.8) is 0 Å². The quantitative estimate of drug-likeness (QED) is 0.477. The van der Waals surface area contributed by atoms with E-state index >= 15 is 0 Å². The third kappa shape index (κ3) is 4.95. The minimum absolute atomic E-state index is 0.100. The molecule has 1 N–H and O–H groups in total. The molecular weight excluding hydrogens is 450 g/mol. The molecular formula is C28H32ClNO4. The summed E-state index contributed by atoms with van der Waals surface area (Å²) in [5.74, 6) is 2.67. The molecule has 0 unspecified atom stereocenters. The van der Waals surface area contributed by atoms with Crippen LogP contribution >= 0.6 is 11.6 Å². The minimum atomic E-state index is -0.395. The first-order valence-corrected chi connectivity index (χ1v) is 12.8. The summed E-state index contributed by atoms with van der Waals surface area (Å²) in [5.41, 5.74) is 2.64. The fourth-order valence-electron chi connectivity index (χ4n) is 6.84. The zero-order chi connectivity index (χ0) is 23.7.